The lowest BCUT2D eigenvalue weighted by Gasteiger charge is -2.41. The Morgan fingerprint density at radius 1 is 1.09 bits per heavy atom. The molecule has 2 aromatic heterocycles. The maximum absolute atomic E-state index is 11.7. The average Bonchev–Trinajstić information content (AvgIpc) is 3.49. The normalized spacial score (nSPS) is 19.2. The van der Waals surface area contributed by atoms with Crippen molar-refractivity contribution >= 4 is 16.8 Å². The number of nitrogens with zero attached hydrogens (tertiary/aromatic N) is 6. The third kappa shape index (κ3) is 4.34. The van der Waals surface area contributed by atoms with E-state index >= 15 is 0 Å². The Hall–Kier alpha value is -2.78. The van der Waals surface area contributed by atoms with Crippen LogP contribution in [0, 0.1) is 0 Å². The predicted molar refractivity (Wildman–Crippen MR) is 128 cm³/mol. The molecule has 0 bridgehead atoms. The van der Waals surface area contributed by atoms with Gasteiger partial charge in [-0.15, -0.1) is 0 Å². The van der Waals surface area contributed by atoms with Gasteiger partial charge in [0.25, 0.3) is 5.95 Å². The Balaban J connectivity index is 1.25. The van der Waals surface area contributed by atoms with Crippen LogP contribution in [0.4, 0.5) is 0 Å². The molecule has 3 aromatic rings. The summed E-state index contributed by atoms with van der Waals surface area (Å²) in [5.41, 5.74) is 1.92. The van der Waals surface area contributed by atoms with E-state index in [9.17, 15) is 4.79 Å². The van der Waals surface area contributed by atoms with Crippen molar-refractivity contribution in [2.24, 2.45) is 0 Å². The van der Waals surface area contributed by atoms with Gasteiger partial charge in [0.15, 0.2) is 0 Å². The van der Waals surface area contributed by atoms with Gasteiger partial charge in [-0.1, -0.05) is 39.0 Å². The van der Waals surface area contributed by atoms with Gasteiger partial charge in [0, 0.05) is 35.9 Å². The molecule has 4 heterocycles. The number of aromatic nitrogens is 4. The number of fused-ring (bicyclic) bond motifs is 1. The van der Waals surface area contributed by atoms with E-state index in [0.717, 1.165) is 68.5 Å². The van der Waals surface area contributed by atoms with Crippen molar-refractivity contribution in [1.82, 2.24) is 29.7 Å². The van der Waals surface area contributed by atoms with Gasteiger partial charge < -0.3 is 19.4 Å². The lowest BCUT2D eigenvalue weighted by Crippen LogP contribution is -2.49. The number of para-hydroxylation sites is 1. The maximum Gasteiger partial charge on any atom is 0.291 e. The molecule has 0 unspecified atom stereocenters. The summed E-state index contributed by atoms with van der Waals surface area (Å²) < 4.78 is 7.53. The second-order valence-electron chi connectivity index (χ2n) is 10.5. The highest BCUT2D eigenvalue weighted by Gasteiger charge is 2.32. The van der Waals surface area contributed by atoms with Crippen molar-refractivity contribution in [2.75, 3.05) is 32.8 Å². The summed E-state index contributed by atoms with van der Waals surface area (Å²) in [5.74, 6) is 1.27. The number of amides is 1. The third-order valence-corrected chi connectivity index (χ3v) is 7.27. The third-order valence-electron chi connectivity index (χ3n) is 7.27. The van der Waals surface area contributed by atoms with Crippen molar-refractivity contribution < 1.29 is 14.4 Å². The number of carbonyl (C=O) groups excluding carboxylic acids is 1. The molecule has 1 N–H and O–H groups in total. The molecule has 182 valence electrons. The Labute approximate surface area is 199 Å². The summed E-state index contributed by atoms with van der Waals surface area (Å²) in [6.45, 7) is 9.52. The first kappa shape index (κ1) is 23.0. The fourth-order valence-corrected chi connectivity index (χ4v) is 5.34. The molecule has 9 nitrogen and oxygen atoms in total. The van der Waals surface area contributed by atoms with Crippen LogP contribution in [0.15, 0.2) is 28.8 Å². The molecule has 2 saturated heterocycles. The van der Waals surface area contributed by atoms with Crippen LogP contribution in [0.3, 0.4) is 0 Å². The molecule has 2 fully saturated rings. The molecule has 0 radical (unpaired) electrons. The Bertz CT molecular complexity index is 1150. The van der Waals surface area contributed by atoms with E-state index in [4.69, 9.17) is 19.7 Å². The lowest BCUT2D eigenvalue weighted by molar-refractivity contribution is -0.135. The molecule has 0 atom stereocenters. The maximum atomic E-state index is 11.7. The van der Waals surface area contributed by atoms with E-state index in [1.165, 1.54) is 0 Å². The molecule has 2 aliphatic rings. The van der Waals surface area contributed by atoms with E-state index in [-0.39, 0.29) is 17.2 Å². The van der Waals surface area contributed by atoms with Crippen LogP contribution < -0.4 is 0 Å². The monoisotopic (exact) mass is 466 g/mol. The summed E-state index contributed by atoms with van der Waals surface area (Å²) >= 11 is 0. The molecule has 0 aliphatic carbocycles. The standard InChI is InChI=1S/C25H34N6O3/c1-25(2,3)22-19-6-4-5-7-20(19)31(27-22)24-26-23(34-28-24)17-8-12-29(13-9-17)18-10-14-30(15-11-18)21(33)16-32/h4-7,17-18,32H,8-16H2,1-3H3. The number of aliphatic hydroxyl groups is 1. The number of carbonyl (C=O) groups is 1. The fraction of sp³-hybridized carbons (Fsp3) is 0.600. The molecule has 5 rings (SSSR count). The second kappa shape index (κ2) is 9.11. The topological polar surface area (TPSA) is 101 Å². The zero-order valence-corrected chi connectivity index (χ0v) is 20.3. The quantitative estimate of drug-likeness (QED) is 0.631. The molecule has 9 heteroatoms. The van der Waals surface area contributed by atoms with E-state index in [1.54, 1.807) is 9.58 Å². The first-order valence-electron chi connectivity index (χ1n) is 12.3. The minimum absolute atomic E-state index is 0.0915. The summed E-state index contributed by atoms with van der Waals surface area (Å²) in [4.78, 5) is 20.8. The van der Waals surface area contributed by atoms with E-state index in [2.05, 4.69) is 36.9 Å². The van der Waals surface area contributed by atoms with Gasteiger partial charge in [0.1, 0.15) is 6.61 Å². The van der Waals surface area contributed by atoms with Gasteiger partial charge in [-0.25, -0.2) is 0 Å². The van der Waals surface area contributed by atoms with Gasteiger partial charge in [-0.05, 0) is 50.0 Å². The number of piperidine rings is 2. The van der Waals surface area contributed by atoms with Gasteiger partial charge in [-0.3, -0.25) is 4.79 Å². The highest BCUT2D eigenvalue weighted by Crippen LogP contribution is 2.32. The molecule has 0 spiro atoms. The summed E-state index contributed by atoms with van der Waals surface area (Å²) in [6, 6.07) is 8.68. The van der Waals surface area contributed by atoms with Gasteiger partial charge in [-0.2, -0.15) is 14.8 Å². The van der Waals surface area contributed by atoms with Crippen LogP contribution in [0.1, 0.15) is 64.0 Å². The van der Waals surface area contributed by atoms with Gasteiger partial charge in [0.05, 0.1) is 11.2 Å². The highest BCUT2D eigenvalue weighted by atomic mass is 16.5. The van der Waals surface area contributed by atoms with Crippen LogP contribution in [0.5, 0.6) is 0 Å². The van der Waals surface area contributed by atoms with Crippen LogP contribution in [0.25, 0.3) is 16.9 Å². The number of likely N-dealkylation sites (tertiary alicyclic amines) is 2. The zero-order chi connectivity index (χ0) is 23.9. The van der Waals surface area contributed by atoms with Crippen molar-refractivity contribution in [3.63, 3.8) is 0 Å². The van der Waals surface area contributed by atoms with E-state index < -0.39 is 6.61 Å². The van der Waals surface area contributed by atoms with E-state index in [0.29, 0.717) is 17.9 Å². The molecular weight excluding hydrogens is 432 g/mol. The zero-order valence-electron chi connectivity index (χ0n) is 20.3. The number of benzene rings is 1. The van der Waals surface area contributed by atoms with Gasteiger partial charge in [0.2, 0.25) is 11.8 Å². The largest absolute Gasteiger partial charge is 0.387 e. The minimum atomic E-state index is -0.395. The number of aliphatic hydroxyl groups excluding tert-OH is 1. The molecule has 1 aromatic carbocycles. The molecule has 1 amide bonds. The van der Waals surface area contributed by atoms with Crippen LogP contribution in [0.2, 0.25) is 0 Å². The molecule has 2 aliphatic heterocycles. The fourth-order valence-electron chi connectivity index (χ4n) is 5.34. The Kier molecular flexibility index (Phi) is 6.16. The number of rotatable bonds is 4. The molecular formula is C25H34N6O3. The molecule has 0 saturated carbocycles. The Morgan fingerprint density at radius 2 is 1.79 bits per heavy atom. The van der Waals surface area contributed by atoms with Crippen molar-refractivity contribution in [1.29, 1.82) is 0 Å². The summed E-state index contributed by atoms with van der Waals surface area (Å²) in [7, 11) is 0. The highest BCUT2D eigenvalue weighted by molar-refractivity contribution is 5.84. The van der Waals surface area contributed by atoms with Crippen LogP contribution >= 0.6 is 0 Å². The van der Waals surface area contributed by atoms with Crippen molar-refractivity contribution in [3.05, 3.63) is 35.9 Å². The lowest BCUT2D eigenvalue weighted by atomic mass is 9.90. The van der Waals surface area contributed by atoms with Gasteiger partial charge >= 0.3 is 0 Å². The molecule has 34 heavy (non-hydrogen) atoms. The SMILES string of the molecule is CC(C)(C)c1nn(-c2noc(C3CCN(C4CCN(C(=O)CO)CC4)CC3)n2)c2ccccc12. The summed E-state index contributed by atoms with van der Waals surface area (Å²) in [5, 5.41) is 19.3. The first-order chi connectivity index (χ1) is 16.3. The summed E-state index contributed by atoms with van der Waals surface area (Å²) in [6.07, 6.45) is 3.88. The van der Waals surface area contributed by atoms with Crippen molar-refractivity contribution in [3.8, 4) is 5.95 Å². The van der Waals surface area contributed by atoms with Crippen LogP contribution in [-0.4, -0.2) is 79.6 Å². The predicted octanol–water partition coefficient (Wildman–Crippen LogP) is 2.87. The average molecular weight is 467 g/mol. The number of hydrogen-bond acceptors (Lipinski definition) is 7. The van der Waals surface area contributed by atoms with E-state index in [1.807, 2.05) is 18.2 Å². The smallest absolute Gasteiger partial charge is 0.291 e. The Morgan fingerprint density at radius 3 is 2.47 bits per heavy atom. The second-order valence-corrected chi connectivity index (χ2v) is 10.5. The number of hydrogen-bond donors (Lipinski definition) is 1. The first-order valence-corrected chi connectivity index (χ1v) is 12.3. The minimum Gasteiger partial charge on any atom is -0.387 e. The van der Waals surface area contributed by atoms with Crippen molar-refractivity contribution in [2.45, 2.75) is 63.8 Å². The van der Waals surface area contributed by atoms with Crippen LogP contribution in [-0.2, 0) is 10.2 Å².